The molecule has 2 heterocycles. The van der Waals surface area contributed by atoms with Gasteiger partial charge in [0, 0.05) is 30.1 Å². The summed E-state index contributed by atoms with van der Waals surface area (Å²) in [4.78, 5) is 6.78. The van der Waals surface area contributed by atoms with Crippen molar-refractivity contribution in [3.63, 3.8) is 0 Å². The van der Waals surface area contributed by atoms with E-state index < -0.39 is 0 Å². The number of nitrogens with one attached hydrogen (secondary N) is 1. The van der Waals surface area contributed by atoms with Crippen LogP contribution < -0.4 is 5.32 Å². The first-order valence-corrected chi connectivity index (χ1v) is 8.60. The number of nitrogens with zero attached hydrogens (tertiary/aromatic N) is 2. The lowest BCUT2D eigenvalue weighted by Gasteiger charge is -2.37. The van der Waals surface area contributed by atoms with Crippen LogP contribution in [0.3, 0.4) is 0 Å². The molecule has 1 aromatic rings. The Hall–Kier alpha value is -0.650. The van der Waals surface area contributed by atoms with Crippen molar-refractivity contribution in [3.05, 3.63) is 29.8 Å². The minimum atomic E-state index is -0.281. The third kappa shape index (κ3) is 4.66. The van der Waals surface area contributed by atoms with E-state index in [2.05, 4.69) is 47.7 Å². The van der Waals surface area contributed by atoms with Gasteiger partial charge in [-0.05, 0) is 25.1 Å². The highest BCUT2D eigenvalue weighted by atomic mass is 32.2. The highest BCUT2D eigenvalue weighted by molar-refractivity contribution is 8.00. The summed E-state index contributed by atoms with van der Waals surface area (Å²) in [6, 6.07) is 3.43. The molecule has 5 heteroatoms. The molecule has 0 saturated carbocycles. The van der Waals surface area contributed by atoms with Gasteiger partial charge in [0.25, 0.3) is 0 Å². The van der Waals surface area contributed by atoms with Crippen LogP contribution in [-0.2, 0) is 0 Å². The number of hydrogen-bond donors (Lipinski definition) is 1. The topological polar surface area (TPSA) is 28.2 Å². The van der Waals surface area contributed by atoms with Crippen molar-refractivity contribution >= 4 is 11.8 Å². The molecule has 0 aliphatic carbocycles. The lowest BCUT2D eigenvalue weighted by Crippen LogP contribution is -2.44. The summed E-state index contributed by atoms with van der Waals surface area (Å²) < 4.78 is 13.0. The molecular formula is C16H26FN3S. The van der Waals surface area contributed by atoms with Gasteiger partial charge in [0.1, 0.15) is 5.82 Å². The lowest BCUT2D eigenvalue weighted by atomic mass is 9.97. The molecule has 1 aromatic heterocycles. The second-order valence-electron chi connectivity index (χ2n) is 6.12. The largest absolute Gasteiger partial charge is 0.311 e. The quantitative estimate of drug-likeness (QED) is 0.905. The number of halogens is 1. The van der Waals surface area contributed by atoms with E-state index in [1.165, 1.54) is 12.3 Å². The van der Waals surface area contributed by atoms with Crippen LogP contribution in [0.15, 0.2) is 18.3 Å². The van der Waals surface area contributed by atoms with Gasteiger partial charge in [-0.15, -0.1) is 0 Å². The van der Waals surface area contributed by atoms with E-state index in [4.69, 9.17) is 0 Å². The molecule has 4 unspecified atom stereocenters. The van der Waals surface area contributed by atoms with Gasteiger partial charge < -0.3 is 10.2 Å². The summed E-state index contributed by atoms with van der Waals surface area (Å²) in [5.74, 6) is 0.146. The first-order chi connectivity index (χ1) is 9.99. The van der Waals surface area contributed by atoms with Gasteiger partial charge in [0.15, 0.2) is 0 Å². The van der Waals surface area contributed by atoms with Crippen molar-refractivity contribution in [2.24, 2.45) is 5.92 Å². The van der Waals surface area contributed by atoms with Crippen LogP contribution in [0, 0.1) is 11.7 Å². The molecule has 0 radical (unpaired) electrons. The molecule has 4 atom stereocenters. The fraction of sp³-hybridized carbons (Fsp3) is 0.688. The molecule has 2 rings (SSSR count). The van der Waals surface area contributed by atoms with Crippen LogP contribution in [0.25, 0.3) is 0 Å². The summed E-state index contributed by atoms with van der Waals surface area (Å²) in [6.07, 6.45) is 1.30. The minimum absolute atomic E-state index is 0.158. The second-order valence-corrected chi connectivity index (χ2v) is 8.00. The van der Waals surface area contributed by atoms with E-state index in [9.17, 15) is 4.39 Å². The average Bonchev–Trinajstić information content (AvgIpc) is 2.40. The number of rotatable bonds is 5. The van der Waals surface area contributed by atoms with Crippen molar-refractivity contribution in [1.29, 1.82) is 0 Å². The standard InChI is InChI=1S/C16H26FN3S/c1-11(8-20-9-12(2)21-13(3)10-20)16(18-4)15-6-5-14(17)7-19-15/h5-7,11-13,16,18H,8-10H2,1-4H3. The third-order valence-electron chi connectivity index (χ3n) is 3.99. The van der Waals surface area contributed by atoms with Gasteiger partial charge in [0.2, 0.25) is 0 Å². The van der Waals surface area contributed by atoms with Crippen molar-refractivity contribution in [3.8, 4) is 0 Å². The maximum atomic E-state index is 13.0. The molecular weight excluding hydrogens is 285 g/mol. The van der Waals surface area contributed by atoms with Crippen LogP contribution in [0.1, 0.15) is 32.5 Å². The Morgan fingerprint density at radius 1 is 1.38 bits per heavy atom. The molecule has 118 valence electrons. The maximum absolute atomic E-state index is 13.0. The van der Waals surface area contributed by atoms with E-state index in [1.807, 2.05) is 7.05 Å². The van der Waals surface area contributed by atoms with Gasteiger partial charge in [-0.25, -0.2) is 4.39 Å². The Morgan fingerprint density at radius 3 is 2.57 bits per heavy atom. The lowest BCUT2D eigenvalue weighted by molar-refractivity contribution is 0.210. The van der Waals surface area contributed by atoms with Crippen molar-refractivity contribution in [1.82, 2.24) is 15.2 Å². The monoisotopic (exact) mass is 311 g/mol. The summed E-state index contributed by atoms with van der Waals surface area (Å²) in [7, 11) is 1.95. The van der Waals surface area contributed by atoms with Gasteiger partial charge in [0.05, 0.1) is 17.9 Å². The van der Waals surface area contributed by atoms with Crippen LogP contribution in [-0.4, -0.2) is 47.1 Å². The van der Waals surface area contributed by atoms with E-state index in [0.29, 0.717) is 16.4 Å². The Bertz CT molecular complexity index is 430. The summed E-state index contributed by atoms with van der Waals surface area (Å²) in [5, 5.41) is 4.72. The Morgan fingerprint density at radius 2 is 2.05 bits per heavy atom. The molecule has 0 bridgehead atoms. The fourth-order valence-electron chi connectivity index (χ4n) is 3.24. The second kappa shape index (κ2) is 7.56. The maximum Gasteiger partial charge on any atom is 0.141 e. The van der Waals surface area contributed by atoms with Crippen molar-refractivity contribution in [2.75, 3.05) is 26.7 Å². The predicted molar refractivity (Wildman–Crippen MR) is 88.1 cm³/mol. The normalized spacial score (nSPS) is 26.5. The smallest absolute Gasteiger partial charge is 0.141 e. The van der Waals surface area contributed by atoms with Gasteiger partial charge in [-0.3, -0.25) is 4.98 Å². The zero-order chi connectivity index (χ0) is 15.4. The van der Waals surface area contributed by atoms with Gasteiger partial charge in [-0.1, -0.05) is 20.8 Å². The summed E-state index contributed by atoms with van der Waals surface area (Å²) in [5.41, 5.74) is 0.916. The van der Waals surface area contributed by atoms with E-state index in [-0.39, 0.29) is 11.9 Å². The Kier molecular flexibility index (Phi) is 6.02. The number of aromatic nitrogens is 1. The third-order valence-corrected chi connectivity index (χ3v) is 5.22. The number of pyridine rings is 1. The number of thioether (sulfide) groups is 1. The first-order valence-electron chi connectivity index (χ1n) is 7.66. The highest BCUT2D eigenvalue weighted by Crippen LogP contribution is 2.27. The average molecular weight is 311 g/mol. The van der Waals surface area contributed by atoms with Crippen LogP contribution >= 0.6 is 11.8 Å². The van der Waals surface area contributed by atoms with Crippen molar-refractivity contribution < 1.29 is 4.39 Å². The molecule has 1 aliphatic heterocycles. The Balaban J connectivity index is 1.99. The van der Waals surface area contributed by atoms with Crippen LogP contribution in [0.2, 0.25) is 0 Å². The number of hydrogen-bond acceptors (Lipinski definition) is 4. The molecule has 1 N–H and O–H groups in total. The summed E-state index contributed by atoms with van der Waals surface area (Å²) >= 11 is 2.07. The molecule has 1 aliphatic rings. The molecule has 0 spiro atoms. The zero-order valence-corrected chi connectivity index (χ0v) is 14.2. The minimum Gasteiger partial charge on any atom is -0.311 e. The molecule has 3 nitrogen and oxygen atoms in total. The van der Waals surface area contributed by atoms with Crippen molar-refractivity contribution in [2.45, 2.75) is 37.3 Å². The molecule has 1 fully saturated rings. The van der Waals surface area contributed by atoms with E-state index in [0.717, 1.165) is 25.3 Å². The predicted octanol–water partition coefficient (Wildman–Crippen LogP) is 2.94. The highest BCUT2D eigenvalue weighted by Gasteiger charge is 2.26. The molecule has 0 amide bonds. The Labute approximate surface area is 131 Å². The fourth-order valence-corrected chi connectivity index (χ4v) is 4.63. The first kappa shape index (κ1) is 16.7. The van der Waals surface area contributed by atoms with E-state index in [1.54, 1.807) is 6.07 Å². The SMILES string of the molecule is CNC(c1ccc(F)cn1)C(C)CN1CC(C)SC(C)C1. The zero-order valence-electron chi connectivity index (χ0n) is 13.3. The van der Waals surface area contributed by atoms with Gasteiger partial charge in [-0.2, -0.15) is 11.8 Å². The van der Waals surface area contributed by atoms with Crippen LogP contribution in [0.4, 0.5) is 4.39 Å². The van der Waals surface area contributed by atoms with Crippen LogP contribution in [0.5, 0.6) is 0 Å². The summed E-state index contributed by atoms with van der Waals surface area (Å²) in [6.45, 7) is 10.2. The molecule has 0 aromatic carbocycles. The molecule has 21 heavy (non-hydrogen) atoms. The molecule has 1 saturated heterocycles. The van der Waals surface area contributed by atoms with Gasteiger partial charge >= 0.3 is 0 Å². The van der Waals surface area contributed by atoms with E-state index >= 15 is 0 Å².